The number of hydrogen-bond donors (Lipinski definition) is 1. The van der Waals surface area contributed by atoms with Crippen LogP contribution in [0.15, 0.2) is 53.5 Å². The molecular weight excluding hydrogens is 400 g/mol. The Labute approximate surface area is 189 Å². The Morgan fingerprint density at radius 1 is 1.03 bits per heavy atom. The van der Waals surface area contributed by atoms with Crippen LogP contribution in [0, 0.1) is 0 Å². The molecule has 0 aliphatic carbocycles. The monoisotopic (exact) mass is 432 g/mol. The van der Waals surface area contributed by atoms with Crippen LogP contribution in [-0.2, 0) is 0 Å². The third-order valence-electron chi connectivity index (χ3n) is 6.17. The number of imidazole rings is 1. The molecule has 3 aromatic rings. The number of benzene rings is 2. The smallest absolute Gasteiger partial charge is 0.216 e. The number of nitrogens with one attached hydrogen (secondary N) is 1. The summed E-state index contributed by atoms with van der Waals surface area (Å²) in [5.74, 6) is 1.85. The van der Waals surface area contributed by atoms with Gasteiger partial charge in [0, 0.05) is 26.3 Å². The molecule has 0 spiro atoms. The summed E-state index contributed by atoms with van der Waals surface area (Å²) in [4.78, 5) is 18.9. The lowest BCUT2D eigenvalue weighted by atomic mass is 10.1. The van der Waals surface area contributed by atoms with Gasteiger partial charge in [0.1, 0.15) is 6.17 Å². The summed E-state index contributed by atoms with van der Waals surface area (Å²) in [7, 11) is 8.37. The van der Waals surface area contributed by atoms with Gasteiger partial charge in [-0.2, -0.15) is 0 Å². The van der Waals surface area contributed by atoms with Gasteiger partial charge in [-0.1, -0.05) is 24.3 Å². The Hall–Kier alpha value is -3.10. The predicted molar refractivity (Wildman–Crippen MR) is 131 cm³/mol. The summed E-state index contributed by atoms with van der Waals surface area (Å²) in [6, 6.07) is 17.1. The van der Waals surface area contributed by atoms with Crippen LogP contribution in [0.1, 0.15) is 18.2 Å². The Morgan fingerprint density at radius 2 is 1.81 bits per heavy atom. The number of aliphatic imine (C=N–C) groups is 1. The molecule has 0 saturated heterocycles. The molecule has 0 amide bonds. The van der Waals surface area contributed by atoms with E-state index in [1.165, 1.54) is 11.3 Å². The minimum absolute atomic E-state index is 0.0519. The molecule has 3 heterocycles. The number of nitrogens with zero attached hydrogens (tertiary/aromatic N) is 7. The van der Waals surface area contributed by atoms with E-state index in [1.54, 1.807) is 0 Å². The van der Waals surface area contributed by atoms with Gasteiger partial charge in [-0.15, -0.1) is 0 Å². The van der Waals surface area contributed by atoms with Crippen LogP contribution < -0.4 is 15.1 Å². The lowest BCUT2D eigenvalue weighted by Crippen LogP contribution is -2.57. The summed E-state index contributed by atoms with van der Waals surface area (Å²) in [5.41, 5.74) is 4.51. The summed E-state index contributed by atoms with van der Waals surface area (Å²) < 4.78 is 2.31. The molecule has 32 heavy (non-hydrogen) atoms. The van der Waals surface area contributed by atoms with E-state index in [4.69, 9.17) is 9.98 Å². The van der Waals surface area contributed by atoms with Gasteiger partial charge < -0.3 is 15.1 Å². The van der Waals surface area contributed by atoms with E-state index in [0.29, 0.717) is 6.67 Å². The first kappa shape index (κ1) is 20.8. The van der Waals surface area contributed by atoms with Crippen molar-refractivity contribution in [2.75, 3.05) is 64.4 Å². The van der Waals surface area contributed by atoms with Crippen molar-refractivity contribution in [1.82, 2.24) is 24.7 Å². The largest absolute Gasteiger partial charge is 0.378 e. The average molecular weight is 433 g/mol. The third-order valence-corrected chi connectivity index (χ3v) is 6.17. The number of anilines is 2. The summed E-state index contributed by atoms with van der Waals surface area (Å²) in [6.07, 6.45) is 1.07. The zero-order chi connectivity index (χ0) is 22.2. The molecule has 0 radical (unpaired) electrons. The highest BCUT2D eigenvalue weighted by molar-refractivity contribution is 5.98. The zero-order valence-electron chi connectivity index (χ0n) is 19.4. The fourth-order valence-electron chi connectivity index (χ4n) is 4.45. The Bertz CT molecular complexity index is 1110. The SMILES string of the molecule is CN(C)CCCN1CN=C2N[C@H](c3ccc(N(C)C)cc3)n3c(nc4ccccc43)N2C1. The van der Waals surface area contributed by atoms with Gasteiger partial charge in [0.05, 0.1) is 24.4 Å². The van der Waals surface area contributed by atoms with Crippen LogP contribution in [0.3, 0.4) is 0 Å². The zero-order valence-corrected chi connectivity index (χ0v) is 19.4. The van der Waals surface area contributed by atoms with Crippen molar-refractivity contribution < 1.29 is 0 Å². The first-order valence-corrected chi connectivity index (χ1v) is 11.2. The minimum atomic E-state index is -0.0519. The fourth-order valence-corrected chi connectivity index (χ4v) is 4.45. The number of rotatable bonds is 6. The first-order valence-electron chi connectivity index (χ1n) is 11.2. The molecule has 168 valence electrons. The second-order valence-corrected chi connectivity index (χ2v) is 9.05. The van der Waals surface area contributed by atoms with Crippen molar-refractivity contribution in [2.24, 2.45) is 4.99 Å². The van der Waals surface area contributed by atoms with E-state index in [1.807, 2.05) is 0 Å². The van der Waals surface area contributed by atoms with Crippen molar-refractivity contribution >= 4 is 28.6 Å². The van der Waals surface area contributed by atoms with Gasteiger partial charge >= 0.3 is 0 Å². The van der Waals surface area contributed by atoms with Gasteiger partial charge in [0.2, 0.25) is 11.9 Å². The molecule has 0 saturated carbocycles. The minimum Gasteiger partial charge on any atom is -0.378 e. The van der Waals surface area contributed by atoms with Crippen LogP contribution in [0.5, 0.6) is 0 Å². The number of aromatic nitrogens is 2. The maximum Gasteiger partial charge on any atom is 0.216 e. The molecule has 2 aliphatic rings. The number of para-hydroxylation sites is 2. The van der Waals surface area contributed by atoms with Crippen LogP contribution in [0.25, 0.3) is 11.0 Å². The molecule has 5 rings (SSSR count). The van der Waals surface area contributed by atoms with E-state index in [9.17, 15) is 0 Å². The van der Waals surface area contributed by atoms with Gasteiger partial charge in [-0.25, -0.2) is 9.98 Å². The standard InChI is InChI=1S/C24H32N8/c1-28(2)14-7-15-30-16-25-23-27-22(18-10-12-19(13-11-18)29(3)4)32-21-9-6-5-8-20(21)26-24(32)31(23)17-30/h5-6,8-13,22H,7,14-17H2,1-4H3,(H,25,27)/t22-/m0/s1. The second-order valence-electron chi connectivity index (χ2n) is 9.05. The van der Waals surface area contributed by atoms with Crippen molar-refractivity contribution in [3.63, 3.8) is 0 Å². The molecule has 0 fully saturated rings. The Kier molecular flexibility index (Phi) is 5.48. The van der Waals surface area contributed by atoms with E-state index >= 15 is 0 Å². The third kappa shape index (κ3) is 3.80. The van der Waals surface area contributed by atoms with E-state index in [-0.39, 0.29) is 6.17 Å². The van der Waals surface area contributed by atoms with Crippen LogP contribution >= 0.6 is 0 Å². The Morgan fingerprint density at radius 3 is 2.56 bits per heavy atom. The van der Waals surface area contributed by atoms with Crippen LogP contribution in [0.2, 0.25) is 0 Å². The molecule has 1 aromatic heterocycles. The molecule has 2 aromatic carbocycles. The molecule has 2 aliphatic heterocycles. The van der Waals surface area contributed by atoms with Crippen molar-refractivity contribution in [3.8, 4) is 0 Å². The fraction of sp³-hybridized carbons (Fsp3) is 0.417. The van der Waals surface area contributed by atoms with Crippen molar-refractivity contribution in [2.45, 2.75) is 12.6 Å². The van der Waals surface area contributed by atoms with Gasteiger partial charge in [0.15, 0.2) is 0 Å². The maximum atomic E-state index is 5.03. The normalized spacial score (nSPS) is 18.3. The van der Waals surface area contributed by atoms with Crippen molar-refractivity contribution in [1.29, 1.82) is 0 Å². The van der Waals surface area contributed by atoms with Gasteiger partial charge in [-0.3, -0.25) is 14.4 Å². The average Bonchev–Trinajstić information content (AvgIpc) is 3.18. The highest BCUT2D eigenvalue weighted by atomic mass is 15.5. The second kappa shape index (κ2) is 8.44. The summed E-state index contributed by atoms with van der Waals surface area (Å²) >= 11 is 0. The van der Waals surface area contributed by atoms with E-state index < -0.39 is 0 Å². The van der Waals surface area contributed by atoms with E-state index in [2.05, 4.69) is 106 Å². The van der Waals surface area contributed by atoms with Crippen molar-refractivity contribution in [3.05, 3.63) is 54.1 Å². The van der Waals surface area contributed by atoms with Crippen LogP contribution in [-0.4, -0.2) is 79.9 Å². The molecular formula is C24H32N8. The topological polar surface area (TPSA) is 55.2 Å². The lowest BCUT2D eigenvalue weighted by molar-refractivity contribution is 0.254. The quantitative estimate of drug-likeness (QED) is 0.646. The van der Waals surface area contributed by atoms with Gasteiger partial charge in [0.25, 0.3) is 0 Å². The molecule has 1 N–H and O–H groups in total. The number of fused-ring (bicyclic) bond motifs is 5. The summed E-state index contributed by atoms with van der Waals surface area (Å²) in [5, 5.41) is 3.70. The van der Waals surface area contributed by atoms with E-state index in [0.717, 1.165) is 49.1 Å². The number of guanidine groups is 1. The molecule has 1 atom stereocenters. The first-order chi connectivity index (χ1) is 15.5. The Balaban J connectivity index is 1.51. The highest BCUT2D eigenvalue weighted by Gasteiger charge is 2.35. The highest BCUT2D eigenvalue weighted by Crippen LogP contribution is 2.34. The van der Waals surface area contributed by atoms with Crippen LogP contribution in [0.4, 0.5) is 11.6 Å². The molecule has 8 nitrogen and oxygen atoms in total. The molecule has 0 unspecified atom stereocenters. The predicted octanol–water partition coefficient (Wildman–Crippen LogP) is 2.60. The maximum absolute atomic E-state index is 5.03. The molecule has 8 heteroatoms. The summed E-state index contributed by atoms with van der Waals surface area (Å²) in [6.45, 7) is 3.59. The molecule has 0 bridgehead atoms. The van der Waals surface area contributed by atoms with Gasteiger partial charge in [-0.05, 0) is 56.9 Å². The lowest BCUT2D eigenvalue weighted by Gasteiger charge is -2.41. The number of hydrogen-bond acceptors (Lipinski definition) is 7.